The number of nitrogens with zero attached hydrogens (tertiary/aromatic N) is 3. The zero-order chi connectivity index (χ0) is 19.6. The molecule has 5 rings (SSSR count). The summed E-state index contributed by atoms with van der Waals surface area (Å²) >= 11 is 3.52. The summed E-state index contributed by atoms with van der Waals surface area (Å²) in [6.45, 7) is 4.27. The van der Waals surface area contributed by atoms with Gasteiger partial charge in [-0.1, -0.05) is 30.3 Å². The van der Waals surface area contributed by atoms with E-state index in [1.807, 2.05) is 28.8 Å². The second kappa shape index (κ2) is 8.13. The van der Waals surface area contributed by atoms with Gasteiger partial charge in [0, 0.05) is 49.1 Å². The number of fused-ring (bicyclic) bond motifs is 1. The van der Waals surface area contributed by atoms with Crippen LogP contribution in [-0.2, 0) is 0 Å². The lowest BCUT2D eigenvalue weighted by atomic mass is 10.2. The van der Waals surface area contributed by atoms with Crippen molar-refractivity contribution in [1.29, 1.82) is 0 Å². The van der Waals surface area contributed by atoms with E-state index < -0.39 is 0 Å². The van der Waals surface area contributed by atoms with Crippen LogP contribution in [0.5, 0.6) is 0 Å². The number of thiophene rings is 1. The molecule has 1 amide bonds. The topological polar surface area (TPSA) is 26.8 Å². The van der Waals surface area contributed by atoms with E-state index >= 15 is 0 Å². The molecule has 1 saturated heterocycles. The van der Waals surface area contributed by atoms with Gasteiger partial charge in [-0.2, -0.15) is 0 Å². The first kappa shape index (κ1) is 18.6. The number of para-hydroxylation sites is 2. The van der Waals surface area contributed by atoms with Crippen LogP contribution in [0.25, 0.3) is 0 Å². The molecule has 2 aliphatic rings. The molecule has 0 spiro atoms. The maximum absolute atomic E-state index is 13.1. The summed E-state index contributed by atoms with van der Waals surface area (Å²) in [5.74, 6) is 1.23. The van der Waals surface area contributed by atoms with Crippen LogP contribution >= 0.6 is 23.1 Å². The molecule has 0 atom stereocenters. The first-order chi connectivity index (χ1) is 14.3. The summed E-state index contributed by atoms with van der Waals surface area (Å²) in [4.78, 5) is 21.9. The van der Waals surface area contributed by atoms with Gasteiger partial charge in [-0.15, -0.1) is 23.1 Å². The molecule has 29 heavy (non-hydrogen) atoms. The molecule has 1 fully saturated rings. The molecule has 3 heterocycles. The van der Waals surface area contributed by atoms with E-state index in [-0.39, 0.29) is 5.91 Å². The number of thioether (sulfide) groups is 1. The van der Waals surface area contributed by atoms with Crippen molar-refractivity contribution in [3.05, 3.63) is 71.6 Å². The molecule has 0 N–H and O–H groups in total. The monoisotopic (exact) mass is 421 g/mol. The van der Waals surface area contributed by atoms with Gasteiger partial charge < -0.3 is 14.7 Å². The fourth-order valence-electron chi connectivity index (χ4n) is 3.95. The molecule has 4 nitrogen and oxygen atoms in total. The maximum atomic E-state index is 13.1. The Balaban J connectivity index is 1.28. The van der Waals surface area contributed by atoms with E-state index in [4.69, 9.17) is 0 Å². The van der Waals surface area contributed by atoms with E-state index in [2.05, 4.69) is 64.4 Å². The Labute approximate surface area is 179 Å². The van der Waals surface area contributed by atoms with Gasteiger partial charge in [0.1, 0.15) is 0 Å². The first-order valence-electron chi connectivity index (χ1n) is 9.98. The Morgan fingerprint density at radius 1 is 0.793 bits per heavy atom. The third-order valence-corrected chi connectivity index (χ3v) is 7.62. The van der Waals surface area contributed by atoms with Gasteiger partial charge in [-0.3, -0.25) is 4.79 Å². The lowest BCUT2D eigenvalue weighted by Crippen LogP contribution is -2.48. The van der Waals surface area contributed by atoms with Crippen LogP contribution in [0.15, 0.2) is 71.6 Å². The number of piperazine rings is 1. The van der Waals surface area contributed by atoms with Crippen molar-refractivity contribution in [2.24, 2.45) is 0 Å². The highest BCUT2D eigenvalue weighted by Gasteiger charge is 2.25. The summed E-state index contributed by atoms with van der Waals surface area (Å²) in [6, 6.07) is 23.1. The summed E-state index contributed by atoms with van der Waals surface area (Å²) in [5, 5.41) is 1.16. The van der Waals surface area contributed by atoms with Gasteiger partial charge in [0.25, 0.3) is 5.91 Å². The Hall–Kier alpha value is -2.44. The lowest BCUT2D eigenvalue weighted by Gasteiger charge is -2.36. The molecule has 0 unspecified atom stereocenters. The molecule has 0 radical (unpaired) electrons. The molecule has 0 bridgehead atoms. The van der Waals surface area contributed by atoms with E-state index in [1.165, 1.54) is 16.3 Å². The molecule has 3 aromatic rings. The summed E-state index contributed by atoms with van der Waals surface area (Å²) < 4.78 is 0. The number of benzene rings is 2. The molecule has 0 saturated carbocycles. The molecule has 2 aliphatic heterocycles. The molecular weight excluding hydrogens is 398 g/mol. The zero-order valence-corrected chi connectivity index (χ0v) is 17.8. The average Bonchev–Trinajstić information content (AvgIpc) is 3.29. The number of anilines is 3. The highest BCUT2D eigenvalue weighted by Crippen LogP contribution is 2.41. The van der Waals surface area contributed by atoms with Crippen LogP contribution in [0.1, 0.15) is 9.67 Å². The Bertz CT molecular complexity index is 996. The predicted octanol–water partition coefficient (Wildman–Crippen LogP) is 4.95. The van der Waals surface area contributed by atoms with Crippen LogP contribution in [-0.4, -0.2) is 49.3 Å². The highest BCUT2D eigenvalue weighted by molar-refractivity contribution is 7.99. The lowest BCUT2D eigenvalue weighted by molar-refractivity contribution is 0.0751. The molecule has 2 aromatic carbocycles. The maximum Gasteiger partial charge on any atom is 0.264 e. The van der Waals surface area contributed by atoms with Crippen LogP contribution in [0.2, 0.25) is 0 Å². The largest absolute Gasteiger partial charge is 0.368 e. The minimum absolute atomic E-state index is 0.161. The van der Waals surface area contributed by atoms with Crippen LogP contribution in [0.4, 0.5) is 16.4 Å². The van der Waals surface area contributed by atoms with Crippen molar-refractivity contribution >= 4 is 45.4 Å². The predicted molar refractivity (Wildman–Crippen MR) is 123 cm³/mol. The van der Waals surface area contributed by atoms with Crippen molar-refractivity contribution < 1.29 is 4.79 Å². The average molecular weight is 422 g/mol. The van der Waals surface area contributed by atoms with Crippen LogP contribution in [0, 0.1) is 0 Å². The quantitative estimate of drug-likeness (QED) is 0.598. The summed E-state index contributed by atoms with van der Waals surface area (Å²) in [6.07, 6.45) is 0. The molecular formula is C23H23N3OS2. The van der Waals surface area contributed by atoms with Gasteiger partial charge >= 0.3 is 0 Å². The minimum atomic E-state index is 0.161. The van der Waals surface area contributed by atoms with Crippen molar-refractivity contribution in [3.8, 4) is 0 Å². The molecule has 6 heteroatoms. The van der Waals surface area contributed by atoms with Gasteiger partial charge in [-0.25, -0.2) is 0 Å². The smallest absolute Gasteiger partial charge is 0.264 e. The standard InChI is InChI=1S/C23H23N3OS2/c27-23(25-14-12-24(13-15-25)18-6-2-1-3-7-18)21-10-11-22(29-21)26-16-17-28-20-9-5-4-8-19(20)26/h1-11H,12-17H2. The van der Waals surface area contributed by atoms with Crippen molar-refractivity contribution in [2.75, 3.05) is 48.3 Å². The van der Waals surface area contributed by atoms with Gasteiger partial charge in [0.2, 0.25) is 0 Å². The molecule has 148 valence electrons. The van der Waals surface area contributed by atoms with E-state index in [1.54, 1.807) is 11.3 Å². The number of amides is 1. The van der Waals surface area contributed by atoms with E-state index in [0.717, 1.165) is 48.4 Å². The Morgan fingerprint density at radius 2 is 1.55 bits per heavy atom. The third kappa shape index (κ3) is 3.74. The number of hydrogen-bond acceptors (Lipinski definition) is 5. The van der Waals surface area contributed by atoms with E-state index in [0.29, 0.717) is 0 Å². The number of hydrogen-bond donors (Lipinski definition) is 0. The summed E-state index contributed by atoms with van der Waals surface area (Å²) in [7, 11) is 0. The van der Waals surface area contributed by atoms with Crippen LogP contribution in [0.3, 0.4) is 0 Å². The van der Waals surface area contributed by atoms with Crippen molar-refractivity contribution in [3.63, 3.8) is 0 Å². The fraction of sp³-hybridized carbons (Fsp3) is 0.261. The number of carbonyl (C=O) groups excluding carboxylic acids is 1. The Kier molecular flexibility index (Phi) is 5.21. The minimum Gasteiger partial charge on any atom is -0.368 e. The molecule has 1 aromatic heterocycles. The van der Waals surface area contributed by atoms with E-state index in [9.17, 15) is 4.79 Å². The van der Waals surface area contributed by atoms with Crippen molar-refractivity contribution in [2.45, 2.75) is 4.90 Å². The number of rotatable bonds is 3. The number of carbonyl (C=O) groups is 1. The third-order valence-electron chi connectivity index (χ3n) is 5.49. The Morgan fingerprint density at radius 3 is 2.38 bits per heavy atom. The summed E-state index contributed by atoms with van der Waals surface area (Å²) in [5.41, 5.74) is 2.49. The fourth-order valence-corrected chi connectivity index (χ4v) is 5.96. The van der Waals surface area contributed by atoms with Gasteiger partial charge in [0.05, 0.1) is 15.6 Å². The van der Waals surface area contributed by atoms with Crippen LogP contribution < -0.4 is 9.80 Å². The SMILES string of the molecule is O=C(c1ccc(N2CCSc3ccccc32)s1)N1CCN(c2ccccc2)CC1. The van der Waals surface area contributed by atoms with Gasteiger partial charge in [0.15, 0.2) is 0 Å². The highest BCUT2D eigenvalue weighted by atomic mass is 32.2. The normalized spacial score (nSPS) is 16.6. The second-order valence-electron chi connectivity index (χ2n) is 7.22. The second-order valence-corrected chi connectivity index (χ2v) is 9.42. The molecule has 0 aliphatic carbocycles. The van der Waals surface area contributed by atoms with Crippen molar-refractivity contribution in [1.82, 2.24) is 4.90 Å². The first-order valence-corrected chi connectivity index (χ1v) is 11.8. The van der Waals surface area contributed by atoms with Gasteiger partial charge in [-0.05, 0) is 36.4 Å². The zero-order valence-electron chi connectivity index (χ0n) is 16.2.